The van der Waals surface area contributed by atoms with Gasteiger partial charge in [-0.2, -0.15) is 0 Å². The molecule has 42 valence electrons. The van der Waals surface area contributed by atoms with Gasteiger partial charge < -0.3 is 16.1 Å². The molecule has 0 fully saturated rings. The molecule has 0 unspecified atom stereocenters. The molecule has 0 aromatic heterocycles. The van der Waals surface area contributed by atoms with Gasteiger partial charge in [-0.3, -0.25) is 0 Å². The van der Waals surface area contributed by atoms with Crippen LogP contribution in [0.3, 0.4) is 0 Å². The van der Waals surface area contributed by atoms with Crippen molar-refractivity contribution in [1.29, 1.82) is 0 Å². The van der Waals surface area contributed by atoms with Gasteiger partial charge in [-0.15, -0.1) is 0 Å². The van der Waals surface area contributed by atoms with Crippen molar-refractivity contribution in [2.24, 2.45) is 0 Å². The Hall–Kier alpha value is 1.52. The molecule has 3 nitrogen and oxygen atoms in total. The molecule has 0 bridgehead atoms. The van der Waals surface area contributed by atoms with Crippen molar-refractivity contribution in [2.45, 2.75) is 13.3 Å². The number of rotatable bonds is 1. The Morgan fingerprint density at radius 2 is 1.57 bits per heavy atom. The minimum atomic E-state index is 0. The van der Waals surface area contributed by atoms with Crippen molar-refractivity contribution in [2.75, 3.05) is 6.61 Å². The van der Waals surface area contributed by atoms with Gasteiger partial charge in [0.15, 0.2) is 0 Å². The van der Waals surface area contributed by atoms with Crippen LogP contribution in [-0.2, 0) is 0 Å². The predicted molar refractivity (Wildman–Crippen MR) is 22.9 cm³/mol. The van der Waals surface area contributed by atoms with Crippen LogP contribution in [0.15, 0.2) is 0 Å². The van der Waals surface area contributed by atoms with E-state index < -0.39 is 0 Å². The summed E-state index contributed by atoms with van der Waals surface area (Å²) in [7, 11) is 0. The van der Waals surface area contributed by atoms with Crippen LogP contribution < -0.4 is 51.4 Å². The van der Waals surface area contributed by atoms with Gasteiger partial charge in [0.05, 0.1) is 0 Å². The first-order valence-corrected chi connectivity index (χ1v) is 1.52. The van der Waals surface area contributed by atoms with Crippen molar-refractivity contribution in [3.05, 3.63) is 0 Å². The third kappa shape index (κ3) is 36.1. The van der Waals surface area contributed by atoms with Crippen molar-refractivity contribution in [3.63, 3.8) is 0 Å². The summed E-state index contributed by atoms with van der Waals surface area (Å²) in [5.41, 5.74) is 0. The summed E-state index contributed by atoms with van der Waals surface area (Å²) in [4.78, 5) is 0. The van der Waals surface area contributed by atoms with E-state index >= 15 is 0 Å². The fourth-order valence-corrected chi connectivity index (χ4v) is 0. The molecule has 0 amide bonds. The molecule has 4 N–H and O–H groups in total. The van der Waals surface area contributed by atoms with E-state index in [1.807, 2.05) is 6.92 Å². The zero-order chi connectivity index (χ0) is 3.41. The maximum Gasteiger partial charge on any atom is 1.00 e. The summed E-state index contributed by atoms with van der Waals surface area (Å²) >= 11 is 0. The van der Waals surface area contributed by atoms with Crippen LogP contribution in [0.2, 0.25) is 0 Å². The Labute approximate surface area is 86.1 Å². The van der Waals surface area contributed by atoms with Crippen molar-refractivity contribution >= 4 is 0 Å². The Bertz CT molecular complexity index is 12.1. The quantitative estimate of drug-likeness (QED) is 0.376. The van der Waals surface area contributed by atoms with Crippen LogP contribution in [0, 0.1) is 0 Å². The van der Waals surface area contributed by atoms with E-state index in [1.165, 1.54) is 0 Å². The van der Waals surface area contributed by atoms with Gasteiger partial charge in [0.25, 0.3) is 0 Å². The van der Waals surface area contributed by atoms with Crippen LogP contribution in [0.1, 0.15) is 13.3 Å². The summed E-state index contributed by atoms with van der Waals surface area (Å²) < 4.78 is 0. The molecule has 0 aromatic rings. The van der Waals surface area contributed by atoms with Crippen molar-refractivity contribution < 1.29 is 67.4 Å². The summed E-state index contributed by atoms with van der Waals surface area (Å²) in [6.07, 6.45) is 0.875. The molecule has 0 saturated carbocycles. The third-order valence-corrected chi connectivity index (χ3v) is 0.224. The van der Waals surface area contributed by atoms with Crippen LogP contribution in [0.5, 0.6) is 0 Å². The molecule has 0 aliphatic rings. The predicted octanol–water partition coefficient (Wildman–Crippen LogP) is -3.61. The molecule has 0 aliphatic carbocycles. The minimum Gasteiger partial charge on any atom is -0.870 e. The fourth-order valence-electron chi connectivity index (χ4n) is 0. The normalized spacial score (nSPS) is 4.29. The molecule has 0 rings (SSSR count). The molecule has 0 atom stereocenters. The van der Waals surface area contributed by atoms with Crippen molar-refractivity contribution in [1.82, 2.24) is 0 Å². The van der Waals surface area contributed by atoms with Gasteiger partial charge >= 0.3 is 51.4 Å². The smallest absolute Gasteiger partial charge is 0.870 e. The molecule has 7 heavy (non-hydrogen) atoms. The SMILES string of the molecule is CCCO.O.[K+].[OH-]. The van der Waals surface area contributed by atoms with Gasteiger partial charge in [0.1, 0.15) is 0 Å². The number of hydrogen-bond acceptors (Lipinski definition) is 2. The largest absolute Gasteiger partial charge is 1.00 e. The van der Waals surface area contributed by atoms with E-state index in [-0.39, 0.29) is 62.3 Å². The summed E-state index contributed by atoms with van der Waals surface area (Å²) in [5, 5.41) is 7.88. The zero-order valence-electron chi connectivity index (χ0n) is 4.81. The van der Waals surface area contributed by atoms with Gasteiger partial charge in [-0.1, -0.05) is 6.92 Å². The average Bonchev–Trinajstić information content (AvgIpc) is 1.37. The second-order valence-electron chi connectivity index (χ2n) is 0.724. The van der Waals surface area contributed by atoms with Gasteiger partial charge in [-0.25, -0.2) is 0 Å². The molecule has 0 aliphatic heterocycles. The summed E-state index contributed by atoms with van der Waals surface area (Å²) in [5.74, 6) is 0. The number of aliphatic hydroxyl groups is 1. The van der Waals surface area contributed by atoms with Crippen LogP contribution in [0.4, 0.5) is 0 Å². The maximum atomic E-state index is 7.88. The maximum absolute atomic E-state index is 7.88. The minimum absolute atomic E-state index is 0. The van der Waals surface area contributed by atoms with Gasteiger partial charge in [0, 0.05) is 6.61 Å². The summed E-state index contributed by atoms with van der Waals surface area (Å²) in [6.45, 7) is 2.25. The Morgan fingerprint density at radius 1 is 1.43 bits per heavy atom. The zero-order valence-corrected chi connectivity index (χ0v) is 7.93. The number of aliphatic hydroxyl groups excluding tert-OH is 1. The van der Waals surface area contributed by atoms with Crippen molar-refractivity contribution in [3.8, 4) is 0 Å². The molecule has 4 heteroatoms. The second-order valence-corrected chi connectivity index (χ2v) is 0.724. The van der Waals surface area contributed by atoms with Crippen LogP contribution in [-0.4, -0.2) is 22.7 Å². The molecule has 0 spiro atoms. The molecule has 0 saturated heterocycles. The van der Waals surface area contributed by atoms with Crippen LogP contribution in [0.25, 0.3) is 0 Å². The first-order valence-electron chi connectivity index (χ1n) is 1.52. The van der Waals surface area contributed by atoms with Gasteiger partial charge in [0.2, 0.25) is 0 Å². The summed E-state index contributed by atoms with van der Waals surface area (Å²) in [6, 6.07) is 0. The average molecular weight is 134 g/mol. The second kappa shape index (κ2) is 25.8. The third-order valence-electron chi connectivity index (χ3n) is 0.224. The first kappa shape index (κ1) is 23.6. The first-order chi connectivity index (χ1) is 1.91. The molecule has 0 aromatic carbocycles. The molecular weight excluding hydrogens is 123 g/mol. The monoisotopic (exact) mass is 134 g/mol. The van der Waals surface area contributed by atoms with E-state index in [4.69, 9.17) is 5.11 Å². The van der Waals surface area contributed by atoms with Crippen LogP contribution >= 0.6 is 0 Å². The van der Waals surface area contributed by atoms with Gasteiger partial charge in [-0.05, 0) is 6.42 Å². The van der Waals surface area contributed by atoms with E-state index in [2.05, 4.69) is 0 Å². The van der Waals surface area contributed by atoms with E-state index in [0.717, 1.165) is 6.42 Å². The Kier molecular flexibility index (Phi) is 87.0. The Balaban J connectivity index is -0.0000000150. The molecular formula is C3H11KO3. The number of hydrogen-bond donors (Lipinski definition) is 1. The van der Waals surface area contributed by atoms with E-state index in [1.54, 1.807) is 0 Å². The van der Waals surface area contributed by atoms with E-state index in [9.17, 15) is 0 Å². The fraction of sp³-hybridized carbons (Fsp3) is 1.00. The standard InChI is InChI=1S/C3H8O.K.2H2O/c1-2-3-4;;;/h4H,2-3H2,1H3;;2*1H2/q;+1;;/p-1. The topological polar surface area (TPSA) is 81.7 Å². The molecule has 0 radical (unpaired) electrons. The molecule has 0 heterocycles. The van der Waals surface area contributed by atoms with E-state index in [0.29, 0.717) is 6.61 Å². The Morgan fingerprint density at radius 3 is 1.57 bits per heavy atom.